The van der Waals surface area contributed by atoms with E-state index >= 15 is 0 Å². The summed E-state index contributed by atoms with van der Waals surface area (Å²) in [6.07, 6.45) is 1.00. The molecule has 0 amide bonds. The van der Waals surface area contributed by atoms with E-state index < -0.39 is 0 Å². The topological polar surface area (TPSA) is 20.3 Å². The second-order valence-corrected chi connectivity index (χ2v) is 5.76. The zero-order valence-corrected chi connectivity index (χ0v) is 11.3. The molecule has 1 aromatic carbocycles. The van der Waals surface area contributed by atoms with Crippen LogP contribution in [0, 0.1) is 5.82 Å². The van der Waals surface area contributed by atoms with Gasteiger partial charge in [0.25, 0.3) is 0 Å². The highest BCUT2D eigenvalue weighted by molar-refractivity contribution is 7.10. The van der Waals surface area contributed by atoms with Crippen LogP contribution in [-0.2, 0) is 13.0 Å². The van der Waals surface area contributed by atoms with Gasteiger partial charge in [0, 0.05) is 23.5 Å². The third-order valence-electron chi connectivity index (χ3n) is 3.40. The lowest BCUT2D eigenvalue weighted by Gasteiger charge is -2.26. The minimum Gasteiger partial charge on any atom is -0.293 e. The molecule has 0 atom stereocenters. The highest BCUT2D eigenvalue weighted by atomic mass is 32.1. The maximum atomic E-state index is 13.1. The summed E-state index contributed by atoms with van der Waals surface area (Å²) in [5, 5.41) is 2.10. The van der Waals surface area contributed by atoms with Gasteiger partial charge < -0.3 is 0 Å². The number of carbonyl (C=O) groups is 1. The van der Waals surface area contributed by atoms with E-state index in [1.165, 1.54) is 22.6 Å². The molecule has 0 fully saturated rings. The van der Waals surface area contributed by atoms with Gasteiger partial charge in [0.05, 0.1) is 6.54 Å². The summed E-state index contributed by atoms with van der Waals surface area (Å²) in [5.41, 5.74) is 1.78. The second kappa shape index (κ2) is 5.23. The van der Waals surface area contributed by atoms with Crippen LogP contribution in [0.3, 0.4) is 0 Å². The Labute approximate surface area is 115 Å². The van der Waals surface area contributed by atoms with Crippen molar-refractivity contribution in [3.05, 3.63) is 57.5 Å². The van der Waals surface area contributed by atoms with E-state index in [2.05, 4.69) is 16.3 Å². The molecule has 0 bridgehead atoms. The fourth-order valence-electron chi connectivity index (χ4n) is 2.40. The molecule has 0 aliphatic carbocycles. The maximum absolute atomic E-state index is 13.1. The fourth-order valence-corrected chi connectivity index (χ4v) is 3.29. The van der Waals surface area contributed by atoms with Crippen molar-refractivity contribution in [2.75, 3.05) is 13.1 Å². The van der Waals surface area contributed by atoms with Crippen molar-refractivity contribution in [1.29, 1.82) is 0 Å². The Morgan fingerprint density at radius 3 is 3.11 bits per heavy atom. The summed E-state index contributed by atoms with van der Waals surface area (Å²) < 4.78 is 13.1. The van der Waals surface area contributed by atoms with Gasteiger partial charge >= 0.3 is 0 Å². The summed E-state index contributed by atoms with van der Waals surface area (Å²) in [7, 11) is 0. The van der Waals surface area contributed by atoms with Crippen molar-refractivity contribution in [1.82, 2.24) is 4.90 Å². The molecule has 0 saturated carbocycles. The molecule has 3 rings (SSSR count). The molecule has 2 heterocycles. The predicted molar refractivity (Wildman–Crippen MR) is 74.0 cm³/mol. The lowest BCUT2D eigenvalue weighted by molar-refractivity contribution is 0.0921. The molecule has 1 aliphatic rings. The van der Waals surface area contributed by atoms with Crippen LogP contribution in [0.1, 0.15) is 20.8 Å². The first-order valence-corrected chi connectivity index (χ1v) is 7.17. The molecule has 0 radical (unpaired) electrons. The van der Waals surface area contributed by atoms with Crippen molar-refractivity contribution >= 4 is 17.1 Å². The van der Waals surface area contributed by atoms with Gasteiger partial charge in [-0.2, -0.15) is 0 Å². The number of hydrogen-bond donors (Lipinski definition) is 0. The minimum absolute atomic E-state index is 0.0156. The number of hydrogen-bond acceptors (Lipinski definition) is 3. The largest absolute Gasteiger partial charge is 0.293 e. The van der Waals surface area contributed by atoms with Crippen LogP contribution in [0.4, 0.5) is 4.39 Å². The third-order valence-corrected chi connectivity index (χ3v) is 4.42. The third kappa shape index (κ3) is 2.74. The Balaban J connectivity index is 1.68. The molecule has 98 valence electrons. The van der Waals surface area contributed by atoms with Crippen LogP contribution in [0.5, 0.6) is 0 Å². The van der Waals surface area contributed by atoms with Crippen LogP contribution in [-0.4, -0.2) is 23.8 Å². The number of Topliss-reactive ketones (excluding diaryl/α,β-unsaturated/α-hetero) is 1. The molecular weight excluding hydrogens is 261 g/mol. The molecule has 2 nitrogen and oxygen atoms in total. The van der Waals surface area contributed by atoms with Crippen LogP contribution >= 0.6 is 11.3 Å². The molecule has 0 unspecified atom stereocenters. The maximum Gasteiger partial charge on any atom is 0.176 e. The lowest BCUT2D eigenvalue weighted by atomic mass is 10.1. The summed E-state index contributed by atoms with van der Waals surface area (Å²) in [5.74, 6) is -0.372. The van der Waals surface area contributed by atoms with E-state index in [0.717, 1.165) is 19.5 Å². The number of ketones is 1. The van der Waals surface area contributed by atoms with Crippen molar-refractivity contribution in [3.63, 3.8) is 0 Å². The molecule has 0 N–H and O–H groups in total. The first kappa shape index (κ1) is 12.5. The lowest BCUT2D eigenvalue weighted by Crippen LogP contribution is -2.34. The normalized spacial score (nSPS) is 15.2. The molecule has 4 heteroatoms. The first-order chi connectivity index (χ1) is 9.22. The van der Waals surface area contributed by atoms with Gasteiger partial charge in [0.15, 0.2) is 5.78 Å². The van der Waals surface area contributed by atoms with Gasteiger partial charge in [-0.25, -0.2) is 4.39 Å². The smallest absolute Gasteiger partial charge is 0.176 e. The summed E-state index contributed by atoms with van der Waals surface area (Å²) in [6, 6.07) is 8.04. The fraction of sp³-hybridized carbons (Fsp3) is 0.267. The quantitative estimate of drug-likeness (QED) is 0.802. The molecule has 0 saturated heterocycles. The Morgan fingerprint density at radius 1 is 1.37 bits per heavy atom. The molecule has 1 aliphatic heterocycles. The van der Waals surface area contributed by atoms with Crippen molar-refractivity contribution in [2.45, 2.75) is 13.0 Å². The Bertz CT molecular complexity index is 608. The number of benzene rings is 1. The van der Waals surface area contributed by atoms with E-state index in [1.54, 1.807) is 23.5 Å². The van der Waals surface area contributed by atoms with Gasteiger partial charge in [-0.1, -0.05) is 12.1 Å². The second-order valence-electron chi connectivity index (χ2n) is 4.76. The molecule has 1 aromatic heterocycles. The summed E-state index contributed by atoms with van der Waals surface area (Å²) in [4.78, 5) is 15.7. The SMILES string of the molecule is O=C(CN1CCc2sccc2C1)c1cccc(F)c1. The number of carbonyl (C=O) groups excluding carboxylic acids is 1. The van der Waals surface area contributed by atoms with Gasteiger partial charge in [0.2, 0.25) is 0 Å². The molecule has 19 heavy (non-hydrogen) atoms. The van der Waals surface area contributed by atoms with Crippen molar-refractivity contribution < 1.29 is 9.18 Å². The van der Waals surface area contributed by atoms with Crippen LogP contribution in [0.15, 0.2) is 35.7 Å². The molecule has 0 spiro atoms. The van der Waals surface area contributed by atoms with E-state index in [0.29, 0.717) is 12.1 Å². The van der Waals surface area contributed by atoms with Gasteiger partial charge in [-0.15, -0.1) is 11.3 Å². The van der Waals surface area contributed by atoms with Crippen molar-refractivity contribution in [2.24, 2.45) is 0 Å². The predicted octanol–water partition coefficient (Wildman–Crippen LogP) is 3.13. The van der Waals surface area contributed by atoms with Gasteiger partial charge in [-0.3, -0.25) is 9.69 Å². The Kier molecular flexibility index (Phi) is 3.44. The zero-order valence-electron chi connectivity index (χ0n) is 10.4. The Morgan fingerprint density at radius 2 is 2.26 bits per heavy atom. The average molecular weight is 275 g/mol. The number of rotatable bonds is 3. The minimum atomic E-state index is -0.357. The summed E-state index contributed by atoms with van der Waals surface area (Å²) >= 11 is 1.78. The monoisotopic (exact) mass is 275 g/mol. The van der Waals surface area contributed by atoms with Crippen LogP contribution in [0.2, 0.25) is 0 Å². The van der Waals surface area contributed by atoms with Crippen LogP contribution < -0.4 is 0 Å². The Hall–Kier alpha value is -1.52. The standard InChI is InChI=1S/C15H14FNOS/c16-13-3-1-2-11(8-13)14(18)10-17-6-4-15-12(9-17)5-7-19-15/h1-3,5,7-8H,4,6,9-10H2. The summed E-state index contributed by atoms with van der Waals surface area (Å²) in [6.45, 7) is 2.08. The van der Waals surface area contributed by atoms with E-state index in [1.807, 2.05) is 0 Å². The highest BCUT2D eigenvalue weighted by Crippen LogP contribution is 2.24. The number of thiophene rings is 1. The van der Waals surface area contributed by atoms with E-state index in [4.69, 9.17) is 0 Å². The van der Waals surface area contributed by atoms with E-state index in [9.17, 15) is 9.18 Å². The molecular formula is C15H14FNOS. The average Bonchev–Trinajstić information content (AvgIpc) is 2.86. The van der Waals surface area contributed by atoms with Crippen LogP contribution in [0.25, 0.3) is 0 Å². The van der Waals surface area contributed by atoms with Gasteiger partial charge in [-0.05, 0) is 35.6 Å². The highest BCUT2D eigenvalue weighted by Gasteiger charge is 2.19. The number of fused-ring (bicyclic) bond motifs is 1. The molecule has 2 aromatic rings. The zero-order chi connectivity index (χ0) is 13.2. The van der Waals surface area contributed by atoms with Crippen molar-refractivity contribution in [3.8, 4) is 0 Å². The van der Waals surface area contributed by atoms with Gasteiger partial charge in [0.1, 0.15) is 5.82 Å². The van der Waals surface area contributed by atoms with E-state index in [-0.39, 0.29) is 11.6 Å². The first-order valence-electron chi connectivity index (χ1n) is 6.29. The number of nitrogens with zero attached hydrogens (tertiary/aromatic N) is 1. The number of halogens is 1.